The Bertz CT molecular complexity index is 371. The number of hydrogen-bond donors (Lipinski definition) is 1. The SMILES string of the molecule is NCCC(=O)c1cccc2c1CCCC2. The Hall–Kier alpha value is -1.15. The van der Waals surface area contributed by atoms with Crippen molar-refractivity contribution in [1.82, 2.24) is 0 Å². The van der Waals surface area contributed by atoms with Crippen LogP contribution in [0.2, 0.25) is 0 Å². The zero-order valence-corrected chi connectivity index (χ0v) is 8.96. The largest absolute Gasteiger partial charge is 0.330 e. The standard InChI is InChI=1S/C13H17NO/c14-9-8-13(15)12-7-3-5-10-4-1-2-6-11(10)12/h3,5,7H,1-2,4,6,8-9,14H2. The van der Waals surface area contributed by atoms with Gasteiger partial charge in [-0.3, -0.25) is 4.79 Å². The minimum Gasteiger partial charge on any atom is -0.330 e. The molecule has 0 amide bonds. The fourth-order valence-electron chi connectivity index (χ4n) is 2.31. The summed E-state index contributed by atoms with van der Waals surface area (Å²) in [4.78, 5) is 11.8. The number of aryl methyl sites for hydroxylation is 1. The maximum Gasteiger partial charge on any atom is 0.164 e. The Kier molecular flexibility index (Phi) is 3.17. The summed E-state index contributed by atoms with van der Waals surface area (Å²) in [5.74, 6) is 0.205. The molecule has 0 saturated carbocycles. The number of fused-ring (bicyclic) bond motifs is 1. The summed E-state index contributed by atoms with van der Waals surface area (Å²) in [6.45, 7) is 0.447. The molecular formula is C13H17NO. The molecule has 1 aromatic rings. The predicted molar refractivity (Wildman–Crippen MR) is 61.1 cm³/mol. The fraction of sp³-hybridized carbons (Fsp3) is 0.462. The van der Waals surface area contributed by atoms with E-state index in [1.54, 1.807) is 0 Å². The van der Waals surface area contributed by atoms with Crippen LogP contribution in [0.15, 0.2) is 18.2 Å². The smallest absolute Gasteiger partial charge is 0.164 e. The van der Waals surface area contributed by atoms with Crippen LogP contribution in [0.4, 0.5) is 0 Å². The normalized spacial score (nSPS) is 14.7. The first-order valence-corrected chi connectivity index (χ1v) is 5.67. The van der Waals surface area contributed by atoms with Crippen molar-refractivity contribution in [1.29, 1.82) is 0 Å². The number of benzene rings is 1. The molecule has 1 aliphatic rings. The van der Waals surface area contributed by atoms with E-state index in [9.17, 15) is 4.79 Å². The molecule has 80 valence electrons. The van der Waals surface area contributed by atoms with E-state index in [0.717, 1.165) is 18.4 Å². The number of hydrogen-bond acceptors (Lipinski definition) is 2. The summed E-state index contributed by atoms with van der Waals surface area (Å²) in [5, 5.41) is 0. The van der Waals surface area contributed by atoms with Crippen molar-refractivity contribution in [2.24, 2.45) is 5.73 Å². The quantitative estimate of drug-likeness (QED) is 0.764. The van der Waals surface area contributed by atoms with Crippen LogP contribution in [0.3, 0.4) is 0 Å². The van der Waals surface area contributed by atoms with Gasteiger partial charge in [-0.15, -0.1) is 0 Å². The third-order valence-electron chi connectivity index (χ3n) is 3.07. The van der Waals surface area contributed by atoms with Crippen molar-refractivity contribution in [3.63, 3.8) is 0 Å². The van der Waals surface area contributed by atoms with Gasteiger partial charge in [-0.05, 0) is 43.4 Å². The molecule has 0 atom stereocenters. The molecule has 0 spiro atoms. The minimum atomic E-state index is 0.205. The first kappa shape index (κ1) is 10.4. The van der Waals surface area contributed by atoms with E-state index in [-0.39, 0.29) is 5.78 Å². The molecular weight excluding hydrogens is 186 g/mol. The maximum atomic E-state index is 11.8. The molecule has 0 radical (unpaired) electrons. The molecule has 0 unspecified atom stereocenters. The topological polar surface area (TPSA) is 43.1 Å². The molecule has 2 heteroatoms. The molecule has 0 heterocycles. The number of rotatable bonds is 3. The van der Waals surface area contributed by atoms with Crippen LogP contribution in [0.25, 0.3) is 0 Å². The first-order valence-electron chi connectivity index (χ1n) is 5.67. The van der Waals surface area contributed by atoms with Crippen LogP contribution < -0.4 is 5.73 Å². The monoisotopic (exact) mass is 203 g/mol. The van der Waals surface area contributed by atoms with E-state index in [1.807, 2.05) is 12.1 Å². The fourth-order valence-corrected chi connectivity index (χ4v) is 2.31. The summed E-state index contributed by atoms with van der Waals surface area (Å²) in [7, 11) is 0. The Morgan fingerprint density at radius 1 is 1.27 bits per heavy atom. The van der Waals surface area contributed by atoms with Crippen molar-refractivity contribution in [3.8, 4) is 0 Å². The highest BCUT2D eigenvalue weighted by Gasteiger charge is 2.16. The molecule has 1 aliphatic carbocycles. The van der Waals surface area contributed by atoms with Crippen LogP contribution in [-0.2, 0) is 12.8 Å². The van der Waals surface area contributed by atoms with Crippen molar-refractivity contribution >= 4 is 5.78 Å². The number of Topliss-reactive ketones (excluding diaryl/α,β-unsaturated/α-hetero) is 1. The molecule has 0 saturated heterocycles. The third-order valence-corrected chi connectivity index (χ3v) is 3.07. The second-order valence-corrected chi connectivity index (χ2v) is 4.11. The highest BCUT2D eigenvalue weighted by Crippen LogP contribution is 2.25. The van der Waals surface area contributed by atoms with Gasteiger partial charge in [0, 0.05) is 12.0 Å². The Balaban J connectivity index is 2.34. The molecule has 2 N–H and O–H groups in total. The molecule has 15 heavy (non-hydrogen) atoms. The van der Waals surface area contributed by atoms with Gasteiger partial charge in [0.1, 0.15) is 0 Å². The van der Waals surface area contributed by atoms with E-state index in [0.29, 0.717) is 13.0 Å². The zero-order chi connectivity index (χ0) is 10.7. The van der Waals surface area contributed by atoms with E-state index in [1.165, 1.54) is 24.0 Å². The third kappa shape index (κ3) is 2.10. The number of carbonyl (C=O) groups excluding carboxylic acids is 1. The van der Waals surface area contributed by atoms with E-state index < -0.39 is 0 Å². The lowest BCUT2D eigenvalue weighted by Gasteiger charge is -2.18. The highest BCUT2D eigenvalue weighted by molar-refractivity contribution is 5.98. The van der Waals surface area contributed by atoms with Crippen LogP contribution in [-0.4, -0.2) is 12.3 Å². The van der Waals surface area contributed by atoms with Crippen molar-refractivity contribution in [3.05, 3.63) is 34.9 Å². The Labute approximate surface area is 90.5 Å². The molecule has 2 rings (SSSR count). The molecule has 0 aromatic heterocycles. The lowest BCUT2D eigenvalue weighted by Crippen LogP contribution is -2.13. The van der Waals surface area contributed by atoms with Gasteiger partial charge >= 0.3 is 0 Å². The molecule has 2 nitrogen and oxygen atoms in total. The minimum absolute atomic E-state index is 0.205. The van der Waals surface area contributed by atoms with Crippen molar-refractivity contribution in [2.45, 2.75) is 32.1 Å². The van der Waals surface area contributed by atoms with Gasteiger partial charge in [0.05, 0.1) is 0 Å². The lowest BCUT2D eigenvalue weighted by molar-refractivity contribution is 0.0984. The van der Waals surface area contributed by atoms with Gasteiger partial charge in [0.25, 0.3) is 0 Å². The average Bonchev–Trinajstić information content (AvgIpc) is 2.28. The zero-order valence-electron chi connectivity index (χ0n) is 8.96. The van der Waals surface area contributed by atoms with Gasteiger partial charge in [-0.25, -0.2) is 0 Å². The second kappa shape index (κ2) is 4.58. The summed E-state index contributed by atoms with van der Waals surface area (Å²) in [5.41, 5.74) is 8.98. The number of ketones is 1. The van der Waals surface area contributed by atoms with Gasteiger partial charge in [-0.2, -0.15) is 0 Å². The van der Waals surface area contributed by atoms with E-state index in [2.05, 4.69) is 6.07 Å². The summed E-state index contributed by atoms with van der Waals surface area (Å²) >= 11 is 0. The van der Waals surface area contributed by atoms with Gasteiger partial charge in [0.2, 0.25) is 0 Å². The van der Waals surface area contributed by atoms with Crippen LogP contribution in [0.1, 0.15) is 40.7 Å². The van der Waals surface area contributed by atoms with Gasteiger partial charge in [0.15, 0.2) is 5.78 Å². The van der Waals surface area contributed by atoms with Gasteiger partial charge in [-0.1, -0.05) is 18.2 Å². The Morgan fingerprint density at radius 2 is 2.07 bits per heavy atom. The summed E-state index contributed by atoms with van der Waals surface area (Å²) < 4.78 is 0. The summed E-state index contributed by atoms with van der Waals surface area (Å²) in [6, 6.07) is 6.09. The molecule has 0 bridgehead atoms. The molecule has 1 aromatic carbocycles. The maximum absolute atomic E-state index is 11.8. The highest BCUT2D eigenvalue weighted by atomic mass is 16.1. The van der Waals surface area contributed by atoms with E-state index in [4.69, 9.17) is 5.73 Å². The second-order valence-electron chi connectivity index (χ2n) is 4.11. The first-order chi connectivity index (χ1) is 7.33. The van der Waals surface area contributed by atoms with Crippen LogP contribution in [0, 0.1) is 0 Å². The molecule has 0 aliphatic heterocycles. The predicted octanol–water partition coefficient (Wildman–Crippen LogP) is 2.10. The average molecular weight is 203 g/mol. The van der Waals surface area contributed by atoms with E-state index >= 15 is 0 Å². The molecule has 0 fully saturated rings. The Morgan fingerprint density at radius 3 is 2.87 bits per heavy atom. The van der Waals surface area contributed by atoms with Crippen molar-refractivity contribution < 1.29 is 4.79 Å². The van der Waals surface area contributed by atoms with Crippen molar-refractivity contribution in [2.75, 3.05) is 6.54 Å². The number of carbonyl (C=O) groups is 1. The van der Waals surface area contributed by atoms with Gasteiger partial charge < -0.3 is 5.73 Å². The van der Waals surface area contributed by atoms with Crippen LogP contribution in [0.5, 0.6) is 0 Å². The number of nitrogens with two attached hydrogens (primary N) is 1. The summed E-state index contributed by atoms with van der Waals surface area (Å²) in [6.07, 6.45) is 5.11. The lowest BCUT2D eigenvalue weighted by atomic mass is 9.86. The van der Waals surface area contributed by atoms with Crippen LogP contribution >= 0.6 is 0 Å².